The highest BCUT2D eigenvalue weighted by Gasteiger charge is 2.84. The summed E-state index contributed by atoms with van der Waals surface area (Å²) in [5.74, 6) is 1.17. The molecule has 230 valence electrons. The molecule has 9 heteroatoms. The maximum Gasteiger partial charge on any atom is 0.335 e. The minimum atomic E-state index is -0.380. The van der Waals surface area contributed by atoms with E-state index in [0.717, 1.165) is 76.7 Å². The van der Waals surface area contributed by atoms with E-state index in [0.29, 0.717) is 23.8 Å². The van der Waals surface area contributed by atoms with Gasteiger partial charge in [0.05, 0.1) is 6.26 Å². The highest BCUT2D eigenvalue weighted by molar-refractivity contribution is 5.74. The highest BCUT2D eigenvalue weighted by atomic mass is 16.7. The Hall–Kier alpha value is -2.39. The topological polar surface area (TPSA) is 95.8 Å². The van der Waals surface area contributed by atoms with Crippen molar-refractivity contribution in [3.63, 3.8) is 0 Å². The second-order valence-electron chi connectivity index (χ2n) is 14.8. The van der Waals surface area contributed by atoms with Crippen molar-refractivity contribution in [1.82, 2.24) is 14.7 Å². The fraction of sp³-hybridized carbons (Fsp3) is 0.788. The fourth-order valence-electron chi connectivity index (χ4n) is 10.8. The third-order valence-corrected chi connectivity index (χ3v) is 13.1. The first-order valence-corrected chi connectivity index (χ1v) is 16.1. The van der Waals surface area contributed by atoms with Crippen molar-refractivity contribution >= 4 is 12.0 Å². The number of rotatable bonds is 3. The molecule has 2 amide bonds. The number of fused-ring (bicyclic) bond motifs is 3. The van der Waals surface area contributed by atoms with Crippen LogP contribution in [0.2, 0.25) is 0 Å². The Kier molecular flexibility index (Phi) is 6.63. The number of esters is 1. The van der Waals surface area contributed by atoms with Gasteiger partial charge >= 0.3 is 17.6 Å². The molecule has 0 bridgehead atoms. The van der Waals surface area contributed by atoms with Gasteiger partial charge in [-0.3, -0.25) is 4.79 Å². The minimum absolute atomic E-state index is 0.0686. The van der Waals surface area contributed by atoms with E-state index in [2.05, 4.69) is 30.7 Å². The van der Waals surface area contributed by atoms with Crippen LogP contribution in [0.5, 0.6) is 0 Å². The zero-order valence-corrected chi connectivity index (χ0v) is 25.8. The maximum absolute atomic E-state index is 13.4. The molecule has 1 aromatic rings. The van der Waals surface area contributed by atoms with Gasteiger partial charge in [0.15, 0.2) is 0 Å². The van der Waals surface area contributed by atoms with Crippen LogP contribution >= 0.6 is 0 Å². The van der Waals surface area contributed by atoms with Gasteiger partial charge < -0.3 is 28.6 Å². The normalized spacial score (nSPS) is 44.3. The zero-order valence-electron chi connectivity index (χ0n) is 25.8. The average molecular weight is 582 g/mol. The lowest BCUT2D eigenvalue weighted by Gasteiger charge is -2.61. The third-order valence-electron chi connectivity index (χ3n) is 13.1. The van der Waals surface area contributed by atoms with Gasteiger partial charge in [-0.1, -0.05) is 13.8 Å². The Balaban J connectivity index is 1.12. The Morgan fingerprint density at radius 1 is 1.02 bits per heavy atom. The lowest BCUT2D eigenvalue weighted by Crippen LogP contribution is -2.60. The summed E-state index contributed by atoms with van der Waals surface area (Å²) >= 11 is 0. The van der Waals surface area contributed by atoms with Gasteiger partial charge in [0.1, 0.15) is 17.8 Å². The van der Waals surface area contributed by atoms with Gasteiger partial charge in [0, 0.05) is 63.6 Å². The number of piperazine rings is 1. The molecule has 3 heterocycles. The van der Waals surface area contributed by atoms with Crippen molar-refractivity contribution in [1.29, 1.82) is 0 Å². The third kappa shape index (κ3) is 3.98. The van der Waals surface area contributed by atoms with Crippen molar-refractivity contribution in [3.05, 3.63) is 34.4 Å². The lowest BCUT2D eigenvalue weighted by molar-refractivity contribution is -0.156. The molecule has 42 heavy (non-hydrogen) atoms. The van der Waals surface area contributed by atoms with Gasteiger partial charge in [0.2, 0.25) is 0 Å². The van der Waals surface area contributed by atoms with Crippen LogP contribution in [0.15, 0.2) is 27.6 Å². The Morgan fingerprint density at radius 3 is 2.48 bits per heavy atom. The van der Waals surface area contributed by atoms with Gasteiger partial charge in [0.25, 0.3) is 0 Å². The number of ether oxygens (including phenoxy) is 2. The van der Waals surface area contributed by atoms with E-state index >= 15 is 0 Å². The monoisotopic (exact) mass is 581 g/mol. The number of likely N-dealkylation sites (N-methyl/N-ethyl adjacent to an activating group) is 1. The number of urea groups is 1. The Morgan fingerprint density at radius 2 is 1.79 bits per heavy atom. The number of epoxide rings is 1. The first-order valence-electron chi connectivity index (χ1n) is 16.1. The van der Waals surface area contributed by atoms with Crippen LogP contribution < -0.4 is 5.63 Å². The molecule has 0 unspecified atom stereocenters. The molecular formula is C33H47N3O6. The molecule has 0 aromatic carbocycles. The second-order valence-corrected chi connectivity index (χ2v) is 14.8. The molecule has 10 atom stereocenters. The van der Waals surface area contributed by atoms with Crippen LogP contribution in [0.3, 0.4) is 0 Å². The van der Waals surface area contributed by atoms with Gasteiger partial charge in [-0.15, -0.1) is 0 Å². The summed E-state index contributed by atoms with van der Waals surface area (Å²) in [5.41, 5.74) is 0.219. The largest absolute Gasteiger partial charge is 0.459 e. The molecule has 0 N–H and O–H groups in total. The van der Waals surface area contributed by atoms with E-state index < -0.39 is 0 Å². The quantitative estimate of drug-likeness (QED) is 0.392. The smallest absolute Gasteiger partial charge is 0.335 e. The van der Waals surface area contributed by atoms with Crippen molar-refractivity contribution in [3.8, 4) is 0 Å². The Labute approximate surface area is 248 Å². The first kappa shape index (κ1) is 28.4. The van der Waals surface area contributed by atoms with E-state index in [1.807, 2.05) is 18.0 Å². The molecule has 1 spiro atoms. The molecule has 2 saturated heterocycles. The van der Waals surface area contributed by atoms with Crippen molar-refractivity contribution in [2.24, 2.45) is 28.6 Å². The molecule has 4 saturated carbocycles. The molecule has 4 aliphatic carbocycles. The fourth-order valence-corrected chi connectivity index (χ4v) is 10.8. The van der Waals surface area contributed by atoms with Gasteiger partial charge in [-0.25, -0.2) is 9.59 Å². The van der Waals surface area contributed by atoms with Crippen LogP contribution in [0.1, 0.15) is 77.2 Å². The van der Waals surface area contributed by atoms with Crippen LogP contribution in [-0.2, 0) is 14.3 Å². The van der Waals surface area contributed by atoms with Crippen LogP contribution in [-0.4, -0.2) is 90.8 Å². The van der Waals surface area contributed by atoms with Crippen molar-refractivity contribution in [2.45, 2.75) is 95.5 Å². The summed E-state index contributed by atoms with van der Waals surface area (Å²) in [6.45, 7) is 9.82. The standard InChI is InChI=1S/C33H47N3O6/c1-20(37)41-28-27(21-6-9-26(38)40-19-21)32(3)13-11-24-25(33(32)29(28)42-33)8-7-22-18-23(10-12-31(22,24)2)35(5)30(39)36-16-14-34(4)15-17-36/h6,9,19,22-25,27-29H,7-8,10-18H2,1-5H3/t22-,23+,24+,25-,27+,28-,29-,31+,32-,33-/m1/s1. The maximum atomic E-state index is 13.4. The lowest BCUT2D eigenvalue weighted by atomic mass is 9.44. The summed E-state index contributed by atoms with van der Waals surface area (Å²) in [5, 5.41) is 0. The Bertz CT molecular complexity index is 1290. The predicted octanol–water partition coefficient (Wildman–Crippen LogP) is 4.11. The summed E-state index contributed by atoms with van der Waals surface area (Å²) in [6.07, 6.45) is 8.65. The summed E-state index contributed by atoms with van der Waals surface area (Å²) in [4.78, 5) is 43.9. The summed E-state index contributed by atoms with van der Waals surface area (Å²) < 4.78 is 18.1. The number of amides is 2. The first-order chi connectivity index (χ1) is 20.0. The SMILES string of the molecule is CC(=O)O[C@H]1[C@H]2O[C@]23[C@@H]2CC[C@@H]4C[C@@H](N(C)C(=O)N5CCN(C)CC5)CC[C@]4(C)[C@H]2CC[C@]3(C)[C@H]1c1ccc(=O)oc1. The van der Waals surface area contributed by atoms with E-state index in [9.17, 15) is 14.4 Å². The van der Waals surface area contributed by atoms with Crippen LogP contribution in [0.25, 0.3) is 0 Å². The predicted molar refractivity (Wildman–Crippen MR) is 156 cm³/mol. The molecular weight excluding hydrogens is 534 g/mol. The highest BCUT2D eigenvalue weighted by Crippen LogP contribution is 2.78. The second kappa shape index (κ2) is 9.81. The van der Waals surface area contributed by atoms with Crippen molar-refractivity contribution < 1.29 is 23.5 Å². The van der Waals surface area contributed by atoms with E-state index in [4.69, 9.17) is 13.9 Å². The zero-order chi connectivity index (χ0) is 29.6. The molecule has 6 aliphatic rings. The van der Waals surface area contributed by atoms with Gasteiger partial charge in [-0.05, 0) is 86.8 Å². The number of hydrogen-bond acceptors (Lipinski definition) is 7. The van der Waals surface area contributed by atoms with E-state index in [1.165, 1.54) is 13.0 Å². The van der Waals surface area contributed by atoms with E-state index in [1.54, 1.807) is 6.26 Å². The molecule has 6 fully saturated rings. The summed E-state index contributed by atoms with van der Waals surface area (Å²) in [6, 6.07) is 3.81. The number of carbonyl (C=O) groups is 2. The minimum Gasteiger partial charge on any atom is -0.459 e. The van der Waals surface area contributed by atoms with Crippen molar-refractivity contribution in [2.75, 3.05) is 40.3 Å². The van der Waals surface area contributed by atoms with Crippen LogP contribution in [0.4, 0.5) is 4.79 Å². The molecule has 9 nitrogen and oxygen atoms in total. The number of nitrogens with zero attached hydrogens (tertiary/aromatic N) is 3. The molecule has 0 radical (unpaired) electrons. The number of hydrogen-bond donors (Lipinski definition) is 0. The molecule has 7 rings (SSSR count). The van der Waals surface area contributed by atoms with E-state index in [-0.39, 0.29) is 52.2 Å². The average Bonchev–Trinajstić information content (AvgIpc) is 3.67. The number of carbonyl (C=O) groups excluding carboxylic acids is 2. The van der Waals surface area contributed by atoms with Gasteiger partial charge in [-0.2, -0.15) is 0 Å². The molecule has 2 aliphatic heterocycles. The summed E-state index contributed by atoms with van der Waals surface area (Å²) in [7, 11) is 4.14. The van der Waals surface area contributed by atoms with Crippen LogP contribution in [0, 0.1) is 28.6 Å². The molecule has 1 aromatic heterocycles.